The van der Waals surface area contributed by atoms with E-state index in [9.17, 15) is 0 Å². The van der Waals surface area contributed by atoms with Crippen LogP contribution in [0, 0.1) is 6.07 Å². The van der Waals surface area contributed by atoms with E-state index in [0.29, 0.717) is 0 Å². The normalized spacial score (nSPS) is 9.82. The van der Waals surface area contributed by atoms with Crippen molar-refractivity contribution in [2.75, 3.05) is 4.90 Å². The summed E-state index contributed by atoms with van der Waals surface area (Å²) in [6.45, 7) is 1.77. The Morgan fingerprint density at radius 2 is 1.14 bits per heavy atom. The Balaban J connectivity index is 0.00000176. The number of hydrogen-bond donors (Lipinski definition) is 0. The fraction of sp³-hybridized carbons (Fsp3) is 0.100. The van der Waals surface area contributed by atoms with Gasteiger partial charge in [-0.25, -0.2) is 0 Å². The summed E-state index contributed by atoms with van der Waals surface area (Å²) >= 11 is 0. The molecule has 0 aliphatic heterocycles. The largest absolute Gasteiger partial charge is 1.00 e. The number of hydrogen-bond acceptors (Lipinski definition) is 1. The molecule has 0 radical (unpaired) electrons. The van der Waals surface area contributed by atoms with E-state index in [-0.39, 0.29) is 18.9 Å². The molecule has 0 atom stereocenters. The van der Waals surface area contributed by atoms with Gasteiger partial charge in [-0.15, -0.1) is 6.07 Å². The topological polar surface area (TPSA) is 3.24 Å². The van der Waals surface area contributed by atoms with Gasteiger partial charge in [0.05, 0.1) is 0 Å². The van der Waals surface area contributed by atoms with Gasteiger partial charge in [-0.3, -0.25) is 0 Å². The van der Waals surface area contributed by atoms with Crippen molar-refractivity contribution in [3.63, 3.8) is 0 Å². The zero-order chi connectivity index (χ0) is 14.3. The van der Waals surface area contributed by atoms with Crippen molar-refractivity contribution in [2.24, 2.45) is 0 Å². The van der Waals surface area contributed by atoms with Gasteiger partial charge < -0.3 is 4.90 Å². The van der Waals surface area contributed by atoms with Crippen LogP contribution in [-0.4, -0.2) is 0 Å². The van der Waals surface area contributed by atoms with Crippen molar-refractivity contribution in [3.05, 3.63) is 102 Å². The zero-order valence-corrected chi connectivity index (χ0v) is 12.9. The molecule has 0 bridgehead atoms. The smallest absolute Gasteiger partial charge is 0.385 e. The molecule has 0 spiro atoms. The van der Waals surface area contributed by atoms with E-state index in [0.717, 1.165) is 18.8 Å². The molecular weight excluding hydrogens is 261 g/mol. The van der Waals surface area contributed by atoms with Gasteiger partial charge in [0, 0.05) is 13.1 Å². The Morgan fingerprint density at radius 3 is 1.59 bits per heavy atom. The first kappa shape index (κ1) is 16.4. The fourth-order valence-electron chi connectivity index (χ4n) is 2.41. The van der Waals surface area contributed by atoms with Crippen LogP contribution in [0.15, 0.2) is 84.9 Å². The average Bonchev–Trinajstić information content (AvgIpc) is 2.57. The van der Waals surface area contributed by atoms with Crippen molar-refractivity contribution in [3.8, 4) is 0 Å². The molecule has 3 rings (SSSR count). The first-order valence-corrected chi connectivity index (χ1v) is 7.21. The van der Waals surface area contributed by atoms with Gasteiger partial charge in [0.2, 0.25) is 0 Å². The van der Waals surface area contributed by atoms with Crippen LogP contribution >= 0.6 is 0 Å². The van der Waals surface area contributed by atoms with E-state index >= 15 is 0 Å². The van der Waals surface area contributed by atoms with Gasteiger partial charge in [-0.2, -0.15) is 24.3 Å². The van der Waals surface area contributed by atoms with E-state index in [1.807, 2.05) is 12.1 Å². The molecule has 0 amide bonds. The summed E-state index contributed by atoms with van der Waals surface area (Å²) in [4.78, 5) is 2.35. The summed E-state index contributed by atoms with van der Waals surface area (Å²) in [6.07, 6.45) is 0. The summed E-state index contributed by atoms with van der Waals surface area (Å²) in [5, 5.41) is 0. The predicted molar refractivity (Wildman–Crippen MR) is 88.0 cm³/mol. The minimum absolute atomic E-state index is 0. The Bertz CT molecular complexity index is 612. The third-order valence-corrected chi connectivity index (χ3v) is 3.47. The minimum Gasteiger partial charge on any atom is -0.385 e. The first-order chi connectivity index (χ1) is 10.4. The molecule has 0 aromatic heterocycles. The van der Waals surface area contributed by atoms with Gasteiger partial charge in [-0.05, 0) is 11.1 Å². The second-order valence-electron chi connectivity index (χ2n) is 5.08. The molecule has 0 unspecified atom stereocenters. The molecule has 0 heterocycles. The van der Waals surface area contributed by atoms with Crippen LogP contribution in [0.2, 0.25) is 0 Å². The van der Waals surface area contributed by atoms with Crippen LogP contribution in [0.3, 0.4) is 0 Å². The number of anilines is 1. The zero-order valence-electron chi connectivity index (χ0n) is 12.9. The molecule has 0 aliphatic rings. The van der Waals surface area contributed by atoms with Gasteiger partial charge in [-0.1, -0.05) is 66.4 Å². The molecule has 104 valence electrons. The number of rotatable bonds is 5. The van der Waals surface area contributed by atoms with Crippen molar-refractivity contribution in [2.45, 2.75) is 13.1 Å². The van der Waals surface area contributed by atoms with Gasteiger partial charge in [0.25, 0.3) is 0 Å². The van der Waals surface area contributed by atoms with Crippen molar-refractivity contribution >= 4 is 5.69 Å². The van der Waals surface area contributed by atoms with E-state index in [1.54, 1.807) is 0 Å². The molecular formula is C20H18LiN. The van der Waals surface area contributed by atoms with Crippen LogP contribution in [0.1, 0.15) is 11.1 Å². The molecule has 1 nitrogen and oxygen atoms in total. The number of para-hydroxylation sites is 1. The molecule has 2 heteroatoms. The monoisotopic (exact) mass is 279 g/mol. The van der Waals surface area contributed by atoms with Gasteiger partial charge in [0.1, 0.15) is 0 Å². The van der Waals surface area contributed by atoms with E-state index < -0.39 is 0 Å². The quantitative estimate of drug-likeness (QED) is 0.507. The minimum atomic E-state index is 0. The Labute approximate surface area is 144 Å². The molecule has 3 aromatic rings. The third-order valence-electron chi connectivity index (χ3n) is 3.47. The Hall–Kier alpha value is -1.94. The second kappa shape index (κ2) is 8.49. The first-order valence-electron chi connectivity index (χ1n) is 7.21. The summed E-state index contributed by atoms with van der Waals surface area (Å²) in [5.41, 5.74) is 3.75. The molecule has 22 heavy (non-hydrogen) atoms. The van der Waals surface area contributed by atoms with E-state index in [2.05, 4.69) is 83.8 Å². The van der Waals surface area contributed by atoms with Crippen LogP contribution in [-0.2, 0) is 13.1 Å². The summed E-state index contributed by atoms with van der Waals surface area (Å²) in [6, 6.07) is 32.6. The summed E-state index contributed by atoms with van der Waals surface area (Å²) in [7, 11) is 0. The maximum absolute atomic E-state index is 3.33. The number of nitrogens with zero attached hydrogens (tertiary/aromatic N) is 1. The van der Waals surface area contributed by atoms with Gasteiger partial charge >= 0.3 is 18.9 Å². The average molecular weight is 279 g/mol. The predicted octanol–water partition coefficient (Wildman–Crippen LogP) is 1.70. The third kappa shape index (κ3) is 4.53. The molecule has 0 saturated carbocycles. The summed E-state index contributed by atoms with van der Waals surface area (Å²) in [5.74, 6) is 0. The fourth-order valence-corrected chi connectivity index (χ4v) is 2.41. The standard InChI is InChI=1S/C20H18N.Li/c1-4-10-18(11-5-1)16-21(20-14-8-3-9-15-20)17-19-12-6-2-7-13-19;/h1-14H,16-17H2;/q-1;+1. The molecule has 0 saturated heterocycles. The summed E-state index contributed by atoms with van der Waals surface area (Å²) < 4.78 is 0. The number of benzene rings is 3. The molecule has 3 aromatic carbocycles. The van der Waals surface area contributed by atoms with E-state index in [4.69, 9.17) is 0 Å². The van der Waals surface area contributed by atoms with Crippen LogP contribution in [0.25, 0.3) is 0 Å². The maximum atomic E-state index is 3.33. The molecule has 0 aliphatic carbocycles. The van der Waals surface area contributed by atoms with Crippen molar-refractivity contribution in [1.82, 2.24) is 0 Å². The second-order valence-corrected chi connectivity index (χ2v) is 5.08. The van der Waals surface area contributed by atoms with Crippen LogP contribution in [0.5, 0.6) is 0 Å². The van der Waals surface area contributed by atoms with Gasteiger partial charge in [0.15, 0.2) is 0 Å². The molecule has 0 N–H and O–H groups in total. The van der Waals surface area contributed by atoms with Crippen LogP contribution in [0.4, 0.5) is 5.69 Å². The SMILES string of the molecule is [Li+].[c-]1ccccc1N(Cc1ccccc1)Cc1ccccc1. The van der Waals surface area contributed by atoms with E-state index in [1.165, 1.54) is 11.1 Å². The van der Waals surface area contributed by atoms with Crippen molar-refractivity contribution < 1.29 is 18.9 Å². The van der Waals surface area contributed by atoms with Crippen molar-refractivity contribution in [1.29, 1.82) is 0 Å². The molecule has 0 fully saturated rings. The van der Waals surface area contributed by atoms with Crippen LogP contribution < -0.4 is 23.8 Å². The Kier molecular flexibility index (Phi) is 6.34. The maximum Gasteiger partial charge on any atom is 1.00 e. The Morgan fingerprint density at radius 1 is 0.636 bits per heavy atom.